The highest BCUT2D eigenvalue weighted by Crippen LogP contribution is 2.22. The van der Waals surface area contributed by atoms with E-state index in [9.17, 15) is 0 Å². The summed E-state index contributed by atoms with van der Waals surface area (Å²) in [6, 6.07) is 17.9. The van der Waals surface area contributed by atoms with Gasteiger partial charge in [-0.15, -0.1) is 10.2 Å². The fourth-order valence-corrected chi connectivity index (χ4v) is 2.07. The highest BCUT2D eigenvalue weighted by atomic mass is 16.4. The van der Waals surface area contributed by atoms with E-state index in [4.69, 9.17) is 4.42 Å². The lowest BCUT2D eigenvalue weighted by molar-refractivity contribution is 0.485. The largest absolute Gasteiger partial charge is 0.418 e. The molecule has 0 aliphatic carbocycles. The maximum Gasteiger partial charge on any atom is 0.247 e. The van der Waals surface area contributed by atoms with Crippen LogP contribution in [-0.4, -0.2) is 10.2 Å². The molecule has 3 aromatic rings. The number of hydrogen-bond donors (Lipinski definition) is 1. The molecule has 0 spiro atoms. The number of nitrogens with one attached hydrogen (secondary N) is 1. The predicted octanol–water partition coefficient (Wildman–Crippen LogP) is 4.22. The van der Waals surface area contributed by atoms with E-state index in [1.807, 2.05) is 49.4 Å². The predicted molar refractivity (Wildman–Crippen MR) is 83.0 cm³/mol. The van der Waals surface area contributed by atoms with E-state index in [2.05, 4.69) is 34.6 Å². The van der Waals surface area contributed by atoms with Crippen molar-refractivity contribution >= 4 is 5.69 Å². The van der Waals surface area contributed by atoms with Gasteiger partial charge < -0.3 is 9.73 Å². The molecule has 0 saturated carbocycles. The fraction of sp³-hybridized carbons (Fsp3) is 0.176. The van der Waals surface area contributed by atoms with Gasteiger partial charge in [-0.05, 0) is 38.1 Å². The second-order valence-electron chi connectivity index (χ2n) is 5.04. The first-order valence-corrected chi connectivity index (χ1v) is 6.94. The van der Waals surface area contributed by atoms with E-state index >= 15 is 0 Å². The van der Waals surface area contributed by atoms with Crippen molar-refractivity contribution < 1.29 is 4.42 Å². The normalized spacial score (nSPS) is 12.1. The van der Waals surface area contributed by atoms with Crippen LogP contribution in [0, 0.1) is 6.92 Å². The van der Waals surface area contributed by atoms with Crippen LogP contribution in [0.5, 0.6) is 0 Å². The molecule has 0 fully saturated rings. The van der Waals surface area contributed by atoms with Crippen LogP contribution in [-0.2, 0) is 0 Å². The molecule has 4 nitrogen and oxygen atoms in total. The number of benzene rings is 2. The lowest BCUT2D eigenvalue weighted by Gasteiger charge is -2.11. The van der Waals surface area contributed by atoms with E-state index in [0.717, 1.165) is 11.3 Å². The molecule has 3 rings (SSSR count). The Kier molecular flexibility index (Phi) is 3.69. The lowest BCUT2D eigenvalue weighted by atomic mass is 10.2. The maximum absolute atomic E-state index is 5.74. The van der Waals surface area contributed by atoms with E-state index in [-0.39, 0.29) is 6.04 Å². The van der Waals surface area contributed by atoms with Crippen molar-refractivity contribution in [2.75, 3.05) is 5.32 Å². The fourth-order valence-electron chi connectivity index (χ4n) is 2.07. The zero-order valence-electron chi connectivity index (χ0n) is 12.1. The molecule has 4 heteroatoms. The Morgan fingerprint density at radius 1 is 0.952 bits per heavy atom. The summed E-state index contributed by atoms with van der Waals surface area (Å²) < 4.78 is 5.74. The molecule has 0 saturated heterocycles. The molecular weight excluding hydrogens is 262 g/mol. The summed E-state index contributed by atoms with van der Waals surface area (Å²) in [5.74, 6) is 1.12. The molecule has 0 radical (unpaired) electrons. The Hall–Kier alpha value is -2.62. The molecule has 0 aliphatic rings. The smallest absolute Gasteiger partial charge is 0.247 e. The molecule has 1 heterocycles. The zero-order valence-corrected chi connectivity index (χ0v) is 12.1. The van der Waals surface area contributed by atoms with Crippen LogP contribution >= 0.6 is 0 Å². The molecule has 1 unspecified atom stereocenters. The van der Waals surface area contributed by atoms with Gasteiger partial charge in [0.2, 0.25) is 11.8 Å². The SMILES string of the molecule is Cc1ccc(NC(C)c2nnc(-c3ccccc3)o2)cc1. The minimum Gasteiger partial charge on any atom is -0.418 e. The van der Waals surface area contributed by atoms with Crippen molar-refractivity contribution in [1.82, 2.24) is 10.2 Å². The number of nitrogens with zero attached hydrogens (tertiary/aromatic N) is 2. The molecule has 21 heavy (non-hydrogen) atoms. The Labute approximate surface area is 123 Å². The van der Waals surface area contributed by atoms with Crippen LogP contribution in [0.3, 0.4) is 0 Å². The van der Waals surface area contributed by atoms with Crippen molar-refractivity contribution in [2.24, 2.45) is 0 Å². The molecule has 1 atom stereocenters. The quantitative estimate of drug-likeness (QED) is 0.777. The van der Waals surface area contributed by atoms with Gasteiger partial charge >= 0.3 is 0 Å². The highest BCUT2D eigenvalue weighted by Gasteiger charge is 2.14. The first-order chi connectivity index (χ1) is 10.2. The topological polar surface area (TPSA) is 51.0 Å². The molecular formula is C17H17N3O. The summed E-state index contributed by atoms with van der Waals surface area (Å²) in [6.45, 7) is 4.07. The number of aromatic nitrogens is 2. The van der Waals surface area contributed by atoms with Gasteiger partial charge in [0, 0.05) is 11.3 Å². The van der Waals surface area contributed by atoms with Gasteiger partial charge in [-0.3, -0.25) is 0 Å². The maximum atomic E-state index is 5.74. The average Bonchev–Trinajstić information content (AvgIpc) is 3.00. The number of aryl methyl sites for hydroxylation is 1. The Morgan fingerprint density at radius 2 is 1.67 bits per heavy atom. The van der Waals surface area contributed by atoms with E-state index in [1.54, 1.807) is 0 Å². The van der Waals surface area contributed by atoms with Crippen LogP contribution in [0.4, 0.5) is 5.69 Å². The van der Waals surface area contributed by atoms with Gasteiger partial charge in [0.05, 0.1) is 0 Å². The third-order valence-corrected chi connectivity index (χ3v) is 3.27. The van der Waals surface area contributed by atoms with Crippen molar-refractivity contribution in [2.45, 2.75) is 19.9 Å². The van der Waals surface area contributed by atoms with Crippen LogP contribution in [0.2, 0.25) is 0 Å². The number of anilines is 1. The van der Waals surface area contributed by atoms with E-state index in [1.165, 1.54) is 5.56 Å². The molecule has 0 amide bonds. The molecule has 2 aromatic carbocycles. The highest BCUT2D eigenvalue weighted by molar-refractivity contribution is 5.52. The molecule has 1 aromatic heterocycles. The summed E-state index contributed by atoms with van der Waals surface area (Å²) >= 11 is 0. The molecule has 1 N–H and O–H groups in total. The summed E-state index contributed by atoms with van der Waals surface area (Å²) in [7, 11) is 0. The second-order valence-corrected chi connectivity index (χ2v) is 5.04. The first kappa shape index (κ1) is 13.4. The third kappa shape index (κ3) is 3.11. The number of rotatable bonds is 4. The standard InChI is InChI=1S/C17H17N3O/c1-12-8-10-15(11-9-12)18-13(2)16-19-20-17(21-16)14-6-4-3-5-7-14/h3-11,13,18H,1-2H3. The third-order valence-electron chi connectivity index (χ3n) is 3.27. The lowest BCUT2D eigenvalue weighted by Crippen LogP contribution is -2.06. The minimum atomic E-state index is -0.0438. The van der Waals surface area contributed by atoms with Crippen LogP contribution in [0.15, 0.2) is 59.0 Å². The van der Waals surface area contributed by atoms with Crippen LogP contribution < -0.4 is 5.32 Å². The van der Waals surface area contributed by atoms with Crippen LogP contribution in [0.1, 0.15) is 24.4 Å². The zero-order chi connectivity index (χ0) is 14.7. The Balaban J connectivity index is 1.75. The number of hydrogen-bond acceptors (Lipinski definition) is 4. The van der Waals surface area contributed by atoms with E-state index in [0.29, 0.717) is 11.8 Å². The van der Waals surface area contributed by atoms with Crippen molar-refractivity contribution in [3.8, 4) is 11.5 Å². The van der Waals surface area contributed by atoms with Gasteiger partial charge in [-0.25, -0.2) is 0 Å². The van der Waals surface area contributed by atoms with Gasteiger partial charge in [0.25, 0.3) is 0 Å². The van der Waals surface area contributed by atoms with Gasteiger partial charge in [0.15, 0.2) is 0 Å². The van der Waals surface area contributed by atoms with Gasteiger partial charge in [-0.1, -0.05) is 35.9 Å². The molecule has 106 valence electrons. The van der Waals surface area contributed by atoms with Crippen LogP contribution in [0.25, 0.3) is 11.5 Å². The molecule has 0 bridgehead atoms. The Morgan fingerprint density at radius 3 is 2.38 bits per heavy atom. The second kappa shape index (κ2) is 5.79. The first-order valence-electron chi connectivity index (χ1n) is 6.94. The average molecular weight is 279 g/mol. The summed E-state index contributed by atoms with van der Waals surface area (Å²) in [4.78, 5) is 0. The van der Waals surface area contributed by atoms with Gasteiger partial charge in [-0.2, -0.15) is 0 Å². The summed E-state index contributed by atoms with van der Waals surface area (Å²) in [6.07, 6.45) is 0. The summed E-state index contributed by atoms with van der Waals surface area (Å²) in [5, 5.41) is 11.6. The molecule has 0 aliphatic heterocycles. The van der Waals surface area contributed by atoms with E-state index < -0.39 is 0 Å². The minimum absolute atomic E-state index is 0.0438. The van der Waals surface area contributed by atoms with Crippen molar-refractivity contribution in [1.29, 1.82) is 0 Å². The van der Waals surface area contributed by atoms with Crippen molar-refractivity contribution in [3.63, 3.8) is 0 Å². The summed E-state index contributed by atoms with van der Waals surface area (Å²) in [5.41, 5.74) is 3.20. The monoisotopic (exact) mass is 279 g/mol. The Bertz CT molecular complexity index is 704. The van der Waals surface area contributed by atoms with Gasteiger partial charge in [0.1, 0.15) is 6.04 Å². The van der Waals surface area contributed by atoms with Crippen molar-refractivity contribution in [3.05, 3.63) is 66.1 Å².